The Labute approximate surface area is 154 Å². The molecule has 0 unspecified atom stereocenters. The zero-order valence-corrected chi connectivity index (χ0v) is 14.8. The third-order valence-electron chi connectivity index (χ3n) is 3.66. The maximum absolute atomic E-state index is 12.2. The van der Waals surface area contributed by atoms with E-state index in [-0.39, 0.29) is 16.3 Å². The van der Waals surface area contributed by atoms with E-state index in [1.54, 1.807) is 12.1 Å². The molecule has 2 aromatic carbocycles. The summed E-state index contributed by atoms with van der Waals surface area (Å²) < 4.78 is 31.6. The van der Waals surface area contributed by atoms with Crippen LogP contribution in [0.3, 0.4) is 0 Å². The number of carbonyl (C=O) groups excluding carboxylic acids is 2. The molecular formula is C17H15N3O6S. The van der Waals surface area contributed by atoms with Gasteiger partial charge >= 0.3 is 11.9 Å². The summed E-state index contributed by atoms with van der Waals surface area (Å²) in [6.07, 6.45) is 0. The Balaban J connectivity index is 1.75. The van der Waals surface area contributed by atoms with E-state index < -0.39 is 22.0 Å². The van der Waals surface area contributed by atoms with Crippen molar-refractivity contribution in [2.75, 3.05) is 5.32 Å². The predicted octanol–water partition coefficient (Wildman–Crippen LogP) is 2.37. The second kappa shape index (κ2) is 7.09. The number of furan rings is 1. The number of hydrogen-bond acceptors (Lipinski definition) is 6. The van der Waals surface area contributed by atoms with Crippen LogP contribution in [-0.2, 0) is 10.0 Å². The molecular weight excluding hydrogens is 374 g/mol. The minimum atomic E-state index is -4.01. The lowest BCUT2D eigenvalue weighted by molar-refractivity contribution is 0.0678. The molecule has 0 bridgehead atoms. The molecule has 27 heavy (non-hydrogen) atoms. The molecule has 0 aliphatic heterocycles. The highest BCUT2D eigenvalue weighted by Gasteiger charge is 2.18. The first-order chi connectivity index (χ1) is 12.8. The minimum Gasteiger partial charge on any atom is -0.451 e. The number of urea groups is 1. The lowest BCUT2D eigenvalue weighted by atomic mass is 10.2. The first-order valence-electron chi connectivity index (χ1n) is 7.67. The second-order valence-electron chi connectivity index (χ2n) is 5.68. The molecule has 140 valence electrons. The lowest BCUT2D eigenvalue weighted by Crippen LogP contribution is -2.34. The van der Waals surface area contributed by atoms with Crippen molar-refractivity contribution in [1.82, 2.24) is 10.2 Å². The van der Waals surface area contributed by atoms with Crippen molar-refractivity contribution in [1.29, 1.82) is 0 Å². The van der Waals surface area contributed by atoms with E-state index in [1.807, 2.05) is 11.6 Å². The minimum absolute atomic E-state index is 0.0341. The zero-order valence-electron chi connectivity index (χ0n) is 14.0. The maximum atomic E-state index is 12.2. The molecule has 0 fully saturated rings. The van der Waals surface area contributed by atoms with Crippen LogP contribution in [0.15, 0.2) is 57.8 Å². The number of fused-ring (bicyclic) bond motifs is 1. The summed E-state index contributed by atoms with van der Waals surface area (Å²) in [7, 11) is -4.01. The number of aryl methyl sites for hydroxylation is 1. The van der Waals surface area contributed by atoms with Crippen LogP contribution in [0.4, 0.5) is 10.5 Å². The molecule has 0 spiro atoms. The van der Waals surface area contributed by atoms with Crippen LogP contribution in [0.1, 0.15) is 16.1 Å². The highest BCUT2D eigenvalue weighted by molar-refractivity contribution is 7.90. The average Bonchev–Trinajstić information content (AvgIpc) is 3.04. The van der Waals surface area contributed by atoms with Gasteiger partial charge in [0.15, 0.2) is 5.76 Å². The standard InChI is InChI=1S/C17H15N3O6S/c1-10-2-5-13(6-3-10)27(24,25)20-17(22)18-12-4-7-14-11(8-12)9-15(26-14)16(21)19-23/h2-9,23H,1H3,(H,19,21)(H2,18,20,22). The number of carbonyl (C=O) groups is 2. The fourth-order valence-electron chi connectivity index (χ4n) is 2.34. The van der Waals surface area contributed by atoms with Crippen molar-refractivity contribution in [3.8, 4) is 0 Å². The fourth-order valence-corrected chi connectivity index (χ4v) is 3.25. The monoisotopic (exact) mass is 389 g/mol. The van der Waals surface area contributed by atoms with Gasteiger partial charge in [0.1, 0.15) is 5.58 Å². The van der Waals surface area contributed by atoms with Gasteiger partial charge in [-0.2, -0.15) is 0 Å². The van der Waals surface area contributed by atoms with Gasteiger partial charge in [-0.3, -0.25) is 10.0 Å². The first kappa shape index (κ1) is 18.4. The highest BCUT2D eigenvalue weighted by Crippen LogP contribution is 2.23. The van der Waals surface area contributed by atoms with E-state index in [0.717, 1.165) is 5.56 Å². The molecule has 3 aromatic rings. The third kappa shape index (κ3) is 4.07. The van der Waals surface area contributed by atoms with Gasteiger partial charge in [0, 0.05) is 11.1 Å². The van der Waals surface area contributed by atoms with E-state index in [4.69, 9.17) is 9.62 Å². The van der Waals surface area contributed by atoms with Gasteiger partial charge in [0.25, 0.3) is 10.0 Å². The molecule has 3 rings (SSSR count). The van der Waals surface area contributed by atoms with Crippen molar-refractivity contribution < 1.29 is 27.6 Å². The first-order valence-corrected chi connectivity index (χ1v) is 9.15. The number of nitrogens with one attached hydrogen (secondary N) is 3. The summed E-state index contributed by atoms with van der Waals surface area (Å²) in [4.78, 5) is 23.4. The van der Waals surface area contributed by atoms with E-state index in [2.05, 4.69) is 5.32 Å². The molecule has 10 heteroatoms. The van der Waals surface area contributed by atoms with Crippen LogP contribution in [0.25, 0.3) is 11.0 Å². The molecule has 4 N–H and O–H groups in total. The molecule has 0 aliphatic rings. The van der Waals surface area contributed by atoms with Crippen molar-refractivity contribution in [3.05, 3.63) is 59.9 Å². The Morgan fingerprint density at radius 1 is 1.04 bits per heavy atom. The van der Waals surface area contributed by atoms with Crippen molar-refractivity contribution in [2.24, 2.45) is 0 Å². The number of benzene rings is 2. The quantitative estimate of drug-likeness (QED) is 0.399. The molecule has 3 amide bonds. The average molecular weight is 389 g/mol. The summed E-state index contributed by atoms with van der Waals surface area (Å²) in [5.74, 6) is -0.932. The largest absolute Gasteiger partial charge is 0.451 e. The van der Waals surface area contributed by atoms with Gasteiger partial charge in [0.05, 0.1) is 4.90 Å². The highest BCUT2D eigenvalue weighted by atomic mass is 32.2. The smallest absolute Gasteiger partial charge is 0.333 e. The Hall–Kier alpha value is -3.37. The maximum Gasteiger partial charge on any atom is 0.333 e. The molecule has 1 aromatic heterocycles. The van der Waals surface area contributed by atoms with Gasteiger partial charge in [-0.1, -0.05) is 17.7 Å². The lowest BCUT2D eigenvalue weighted by Gasteiger charge is -2.09. The summed E-state index contributed by atoms with van der Waals surface area (Å²) in [5, 5.41) is 11.5. The van der Waals surface area contributed by atoms with Gasteiger partial charge in [0.2, 0.25) is 0 Å². The van der Waals surface area contributed by atoms with Crippen molar-refractivity contribution in [2.45, 2.75) is 11.8 Å². The van der Waals surface area contributed by atoms with E-state index in [0.29, 0.717) is 11.0 Å². The molecule has 9 nitrogen and oxygen atoms in total. The van der Waals surface area contributed by atoms with Gasteiger partial charge in [-0.15, -0.1) is 0 Å². The summed E-state index contributed by atoms with van der Waals surface area (Å²) in [6.45, 7) is 1.82. The van der Waals surface area contributed by atoms with Crippen molar-refractivity contribution in [3.63, 3.8) is 0 Å². The van der Waals surface area contributed by atoms with Crippen LogP contribution in [0.5, 0.6) is 0 Å². The van der Waals surface area contributed by atoms with E-state index >= 15 is 0 Å². The number of hydrogen-bond donors (Lipinski definition) is 4. The second-order valence-corrected chi connectivity index (χ2v) is 7.36. The fraction of sp³-hybridized carbons (Fsp3) is 0.0588. The van der Waals surface area contributed by atoms with E-state index in [9.17, 15) is 18.0 Å². The number of sulfonamides is 1. The predicted molar refractivity (Wildman–Crippen MR) is 96.0 cm³/mol. The van der Waals surface area contributed by atoms with Gasteiger partial charge in [-0.25, -0.2) is 23.4 Å². The van der Waals surface area contributed by atoms with Crippen LogP contribution < -0.4 is 15.5 Å². The molecule has 1 heterocycles. The zero-order chi connectivity index (χ0) is 19.6. The molecule has 0 aliphatic carbocycles. The van der Waals surface area contributed by atoms with Crippen molar-refractivity contribution >= 4 is 38.6 Å². The summed E-state index contributed by atoms with van der Waals surface area (Å²) in [5.41, 5.74) is 2.99. The van der Waals surface area contributed by atoms with E-state index in [1.165, 1.54) is 41.9 Å². The third-order valence-corrected chi connectivity index (χ3v) is 5.00. The van der Waals surface area contributed by atoms with Gasteiger partial charge in [-0.05, 0) is 43.3 Å². The number of anilines is 1. The normalized spacial score (nSPS) is 11.2. The Kier molecular flexibility index (Phi) is 4.84. The van der Waals surface area contributed by atoms with Crippen LogP contribution in [0.2, 0.25) is 0 Å². The SMILES string of the molecule is Cc1ccc(S(=O)(=O)NC(=O)Nc2ccc3oc(C(=O)NO)cc3c2)cc1. The molecule has 0 saturated carbocycles. The summed E-state index contributed by atoms with van der Waals surface area (Å²) >= 11 is 0. The Morgan fingerprint density at radius 3 is 2.41 bits per heavy atom. The topological polar surface area (TPSA) is 138 Å². The molecule has 0 radical (unpaired) electrons. The Morgan fingerprint density at radius 2 is 1.74 bits per heavy atom. The Bertz CT molecular complexity index is 1120. The van der Waals surface area contributed by atoms with Gasteiger partial charge < -0.3 is 9.73 Å². The number of hydroxylamine groups is 1. The molecule has 0 saturated heterocycles. The van der Waals surface area contributed by atoms with Crippen LogP contribution in [-0.4, -0.2) is 25.6 Å². The number of amides is 3. The number of rotatable bonds is 4. The van der Waals surface area contributed by atoms with Crippen LogP contribution >= 0.6 is 0 Å². The summed E-state index contributed by atoms with van der Waals surface area (Å²) in [6, 6.07) is 10.9. The molecule has 0 atom stereocenters. The van der Waals surface area contributed by atoms with Crippen LogP contribution in [0, 0.1) is 6.92 Å².